The largest absolute Gasteiger partial charge is 0.381 e. The molecule has 0 amide bonds. The maximum absolute atomic E-state index is 14.6. The summed E-state index contributed by atoms with van der Waals surface area (Å²) in [4.78, 5) is 13.1. The van der Waals surface area contributed by atoms with Crippen molar-refractivity contribution in [1.29, 1.82) is 0 Å². The Labute approximate surface area is 241 Å². The first-order valence-corrected chi connectivity index (χ1v) is 17.1. The van der Waals surface area contributed by atoms with E-state index in [2.05, 4.69) is 11.6 Å². The number of carbonyl (C=O) groups is 1. The number of Topliss-reactive ketones (excluding diaryl/α,β-unsaturated/α-hetero) is 1. The molecule has 0 heterocycles. The normalized spacial score (nSPS) is 21.4. The van der Waals surface area contributed by atoms with Crippen LogP contribution in [0.3, 0.4) is 0 Å². The molecule has 0 unspecified atom stereocenters. The van der Waals surface area contributed by atoms with Crippen LogP contribution in [0.25, 0.3) is 10.8 Å². The third-order valence-electron chi connectivity index (χ3n) is 9.25. The summed E-state index contributed by atoms with van der Waals surface area (Å²) in [6.07, 6.45) is 1.81. The van der Waals surface area contributed by atoms with E-state index in [0.29, 0.717) is 34.4 Å². The van der Waals surface area contributed by atoms with Crippen LogP contribution in [-0.4, -0.2) is 20.0 Å². The molecule has 5 nitrogen and oxygen atoms in total. The highest BCUT2D eigenvalue weighted by Crippen LogP contribution is 2.64. The fraction of sp³-hybridized carbons (Fsp3) is 0.265. The number of hydrogen-bond donors (Lipinski definition) is 0. The van der Waals surface area contributed by atoms with Gasteiger partial charge in [-0.25, -0.2) is 0 Å². The van der Waals surface area contributed by atoms with E-state index in [0.717, 1.165) is 11.8 Å². The minimum absolute atomic E-state index is 0.0103. The Kier molecular flexibility index (Phi) is 6.72. The Hall–Kier alpha value is -3.65. The van der Waals surface area contributed by atoms with Crippen molar-refractivity contribution in [3.8, 4) is 17.3 Å². The van der Waals surface area contributed by atoms with E-state index in [4.69, 9.17) is 4.18 Å². The van der Waals surface area contributed by atoms with Crippen LogP contribution < -0.4 is 14.8 Å². The average molecular weight is 583 g/mol. The van der Waals surface area contributed by atoms with Gasteiger partial charge >= 0.3 is 10.1 Å². The first kappa shape index (κ1) is 27.5. The molecule has 7 heteroatoms. The van der Waals surface area contributed by atoms with Gasteiger partial charge in [-0.3, -0.25) is 9.36 Å². The minimum Gasteiger partial charge on any atom is -0.381 e. The van der Waals surface area contributed by atoms with Crippen molar-refractivity contribution in [2.75, 3.05) is 5.75 Å². The molecule has 2 aliphatic rings. The third kappa shape index (κ3) is 4.62. The van der Waals surface area contributed by atoms with Crippen molar-refractivity contribution in [2.45, 2.75) is 33.1 Å². The van der Waals surface area contributed by atoms with Crippen LogP contribution in [0.2, 0.25) is 0 Å². The van der Waals surface area contributed by atoms with Gasteiger partial charge in [0.15, 0.2) is 5.75 Å². The summed E-state index contributed by atoms with van der Waals surface area (Å²) in [5.41, 5.74) is 2.04. The average Bonchev–Trinajstić information content (AvgIpc) is 3.31. The summed E-state index contributed by atoms with van der Waals surface area (Å²) in [5, 5.41) is 2.72. The molecule has 2 fully saturated rings. The smallest absolute Gasteiger partial charge is 0.310 e. The van der Waals surface area contributed by atoms with Gasteiger partial charge in [0, 0.05) is 22.4 Å². The number of benzene rings is 4. The summed E-state index contributed by atoms with van der Waals surface area (Å²) in [6, 6.07) is 29.0. The summed E-state index contributed by atoms with van der Waals surface area (Å²) in [7, 11) is -7.58. The molecular weight excluding hydrogens is 551 g/mol. The molecule has 0 radical (unpaired) electrons. The fourth-order valence-electron chi connectivity index (χ4n) is 6.71. The molecule has 2 saturated carbocycles. The Bertz CT molecular complexity index is 1830. The number of fused-ring (bicyclic) bond motifs is 3. The lowest BCUT2D eigenvalue weighted by Crippen LogP contribution is -2.43. The van der Waals surface area contributed by atoms with Crippen molar-refractivity contribution in [3.63, 3.8) is 0 Å². The summed E-state index contributed by atoms with van der Waals surface area (Å²) < 4.78 is 47.6. The van der Waals surface area contributed by atoms with E-state index >= 15 is 0 Å². The maximum Gasteiger partial charge on any atom is 0.310 e. The van der Waals surface area contributed by atoms with Crippen molar-refractivity contribution >= 4 is 44.4 Å². The Morgan fingerprint density at radius 3 is 2.07 bits per heavy atom. The molecule has 0 saturated heterocycles. The van der Waals surface area contributed by atoms with Gasteiger partial charge in [-0.15, -0.1) is 0 Å². The monoisotopic (exact) mass is 582 g/mol. The van der Waals surface area contributed by atoms with Crippen molar-refractivity contribution < 1.29 is 22.0 Å². The van der Waals surface area contributed by atoms with Gasteiger partial charge in [0.05, 0.1) is 16.7 Å². The van der Waals surface area contributed by atoms with Gasteiger partial charge in [0.1, 0.15) is 5.78 Å². The molecule has 41 heavy (non-hydrogen) atoms. The second-order valence-electron chi connectivity index (χ2n) is 11.6. The predicted molar refractivity (Wildman–Crippen MR) is 164 cm³/mol. The standard InChI is InChI=1S/C34H31O5PS/c1-33(2)26-19-21-34(33,32(35)23-26)24-41(37,38)39-31-18-17-25-11-9-10-16-29(25)30(31)20-22-40(36,27-12-5-3-6-13-27)28-14-7-4-8-15-28/h3-18,26H,19,21,23-24H2,1-2H3/t26-,34-/m1/s1. The Balaban J connectivity index is 1.46. The molecule has 0 N–H and O–H groups in total. The zero-order valence-corrected chi connectivity index (χ0v) is 24.8. The maximum atomic E-state index is 14.6. The van der Waals surface area contributed by atoms with Crippen LogP contribution >= 0.6 is 7.14 Å². The second-order valence-corrected chi connectivity index (χ2v) is 15.7. The van der Waals surface area contributed by atoms with Gasteiger partial charge in [-0.2, -0.15) is 8.42 Å². The highest BCUT2D eigenvalue weighted by Gasteiger charge is 2.65. The van der Waals surface area contributed by atoms with Crippen LogP contribution in [0.15, 0.2) is 97.1 Å². The highest BCUT2D eigenvalue weighted by molar-refractivity contribution is 7.87. The SMILES string of the molecule is CC1(C)[C@@H]2CC[C@@]1(CS(=O)(=O)Oc1ccc3ccccc3c1C#CP(=O)(c1ccccc1)c1ccccc1)C(=O)C2. The summed E-state index contributed by atoms with van der Waals surface area (Å²) >= 11 is 0. The predicted octanol–water partition coefficient (Wildman–Crippen LogP) is 6.27. The molecule has 0 spiro atoms. The third-order valence-corrected chi connectivity index (χ3v) is 13.0. The van der Waals surface area contributed by atoms with Gasteiger partial charge in [-0.1, -0.05) is 111 Å². The van der Waals surface area contributed by atoms with Crippen LogP contribution in [0.5, 0.6) is 5.75 Å². The van der Waals surface area contributed by atoms with Crippen LogP contribution in [0.1, 0.15) is 38.7 Å². The molecule has 0 aliphatic heterocycles. The van der Waals surface area contributed by atoms with Gasteiger partial charge in [0.25, 0.3) is 0 Å². The van der Waals surface area contributed by atoms with Gasteiger partial charge in [0.2, 0.25) is 7.14 Å². The van der Waals surface area contributed by atoms with E-state index < -0.39 is 28.1 Å². The second kappa shape index (κ2) is 10.0. The highest BCUT2D eigenvalue weighted by atomic mass is 32.2. The molecular formula is C34H31O5PS. The minimum atomic E-state index is -4.17. The zero-order valence-electron chi connectivity index (χ0n) is 23.0. The van der Waals surface area contributed by atoms with Gasteiger partial charge in [-0.05, 0) is 41.3 Å². The molecule has 2 bridgehead atoms. The van der Waals surface area contributed by atoms with E-state index in [-0.39, 0.29) is 23.2 Å². The van der Waals surface area contributed by atoms with Crippen LogP contribution in [0, 0.1) is 28.3 Å². The van der Waals surface area contributed by atoms with Crippen molar-refractivity contribution in [2.24, 2.45) is 16.7 Å². The topological polar surface area (TPSA) is 77.5 Å². The molecule has 2 atom stereocenters. The lowest BCUT2D eigenvalue weighted by Gasteiger charge is -2.35. The Morgan fingerprint density at radius 2 is 1.49 bits per heavy atom. The number of ketones is 1. The van der Waals surface area contributed by atoms with Crippen LogP contribution in [-0.2, 0) is 19.5 Å². The lowest BCUT2D eigenvalue weighted by molar-refractivity contribution is -0.128. The quantitative estimate of drug-likeness (QED) is 0.152. The molecule has 4 aromatic rings. The first-order valence-electron chi connectivity index (χ1n) is 13.8. The van der Waals surface area contributed by atoms with Crippen LogP contribution in [0.4, 0.5) is 0 Å². The van der Waals surface area contributed by atoms with Gasteiger partial charge < -0.3 is 4.18 Å². The number of carbonyl (C=O) groups excluding carboxylic acids is 1. The van der Waals surface area contributed by atoms with E-state index in [1.54, 1.807) is 36.4 Å². The Morgan fingerprint density at radius 1 is 0.878 bits per heavy atom. The molecule has 6 rings (SSSR count). The number of rotatable bonds is 6. The first-order chi connectivity index (χ1) is 19.6. The summed E-state index contributed by atoms with van der Waals surface area (Å²) in [6.45, 7) is 4.01. The van der Waals surface area contributed by atoms with E-state index in [9.17, 15) is 17.8 Å². The van der Waals surface area contributed by atoms with Crippen molar-refractivity contribution in [3.05, 3.63) is 103 Å². The molecule has 4 aromatic carbocycles. The summed E-state index contributed by atoms with van der Waals surface area (Å²) in [5.74, 6) is 3.00. The fourth-order valence-corrected chi connectivity index (χ4v) is 10.5. The zero-order chi connectivity index (χ0) is 28.9. The molecule has 0 aromatic heterocycles. The number of hydrogen-bond acceptors (Lipinski definition) is 5. The molecule has 208 valence electrons. The molecule has 2 aliphatic carbocycles. The lowest BCUT2D eigenvalue weighted by atomic mass is 9.70. The van der Waals surface area contributed by atoms with E-state index in [1.807, 2.05) is 74.5 Å². The van der Waals surface area contributed by atoms with E-state index in [1.165, 1.54) is 0 Å². The van der Waals surface area contributed by atoms with Crippen molar-refractivity contribution in [1.82, 2.24) is 0 Å².